The molecule has 2 aliphatic rings. The highest BCUT2D eigenvalue weighted by molar-refractivity contribution is 7.91. The molecule has 0 heterocycles. The number of hydrogen-bond donors (Lipinski definition) is 2. The third-order valence-corrected chi connectivity index (χ3v) is 6.61. The standard InChI is InChI=1S/C14H26N2O3S/c1-20(18,19)12-7-5-11(6-8-12)16-14(17)13-4-2-3-10(13)9-15/h10-13H,2-9,15H2,1H3,(H,16,17)/t10-,11?,12?,13-/m1/s1. The molecule has 0 spiro atoms. The van der Waals surface area contributed by atoms with Crippen molar-refractivity contribution in [1.29, 1.82) is 0 Å². The Bertz CT molecular complexity index is 441. The lowest BCUT2D eigenvalue weighted by molar-refractivity contribution is -0.126. The van der Waals surface area contributed by atoms with Crippen LogP contribution in [0.15, 0.2) is 0 Å². The average Bonchev–Trinajstić information content (AvgIpc) is 2.86. The molecule has 0 aromatic heterocycles. The average molecular weight is 302 g/mol. The minimum Gasteiger partial charge on any atom is -0.353 e. The molecule has 5 nitrogen and oxygen atoms in total. The predicted molar refractivity (Wildman–Crippen MR) is 78.9 cm³/mol. The molecule has 116 valence electrons. The highest BCUT2D eigenvalue weighted by atomic mass is 32.2. The SMILES string of the molecule is CS(=O)(=O)C1CCC(NC(=O)[C@@H]2CCC[C@@H]2CN)CC1. The number of hydrogen-bond acceptors (Lipinski definition) is 4. The van der Waals surface area contributed by atoms with Crippen LogP contribution in [-0.2, 0) is 14.6 Å². The van der Waals surface area contributed by atoms with Crippen LogP contribution in [0.4, 0.5) is 0 Å². The molecule has 6 heteroatoms. The molecule has 2 fully saturated rings. The van der Waals surface area contributed by atoms with Crippen LogP contribution < -0.4 is 11.1 Å². The van der Waals surface area contributed by atoms with Crippen molar-refractivity contribution in [3.05, 3.63) is 0 Å². The molecule has 0 unspecified atom stereocenters. The summed E-state index contributed by atoms with van der Waals surface area (Å²) in [7, 11) is -2.94. The van der Waals surface area contributed by atoms with Crippen molar-refractivity contribution < 1.29 is 13.2 Å². The van der Waals surface area contributed by atoms with E-state index in [0.29, 0.717) is 25.3 Å². The number of carbonyl (C=O) groups excluding carboxylic acids is 1. The molecule has 2 aliphatic carbocycles. The molecule has 2 rings (SSSR count). The van der Waals surface area contributed by atoms with Gasteiger partial charge in [0.05, 0.1) is 5.25 Å². The Morgan fingerprint density at radius 1 is 1.15 bits per heavy atom. The molecule has 0 aromatic carbocycles. The van der Waals surface area contributed by atoms with Gasteiger partial charge in [0.2, 0.25) is 5.91 Å². The van der Waals surface area contributed by atoms with E-state index in [-0.39, 0.29) is 23.1 Å². The van der Waals surface area contributed by atoms with Crippen LogP contribution in [0.2, 0.25) is 0 Å². The minimum absolute atomic E-state index is 0.0626. The van der Waals surface area contributed by atoms with E-state index >= 15 is 0 Å². The van der Waals surface area contributed by atoms with E-state index in [1.165, 1.54) is 6.26 Å². The van der Waals surface area contributed by atoms with Gasteiger partial charge in [-0.3, -0.25) is 4.79 Å². The fourth-order valence-corrected chi connectivity index (χ4v) is 4.74. The van der Waals surface area contributed by atoms with Gasteiger partial charge in [-0.2, -0.15) is 0 Å². The summed E-state index contributed by atoms with van der Waals surface area (Å²) in [6.07, 6.45) is 7.24. The molecule has 3 N–H and O–H groups in total. The fraction of sp³-hybridized carbons (Fsp3) is 0.929. The van der Waals surface area contributed by atoms with Gasteiger partial charge in [0.15, 0.2) is 0 Å². The smallest absolute Gasteiger partial charge is 0.223 e. The van der Waals surface area contributed by atoms with Gasteiger partial charge in [0.1, 0.15) is 9.84 Å². The van der Waals surface area contributed by atoms with Crippen molar-refractivity contribution in [3.63, 3.8) is 0 Å². The van der Waals surface area contributed by atoms with Gasteiger partial charge in [-0.15, -0.1) is 0 Å². The summed E-state index contributed by atoms with van der Waals surface area (Å²) < 4.78 is 23.0. The highest BCUT2D eigenvalue weighted by Gasteiger charge is 2.34. The van der Waals surface area contributed by atoms with Gasteiger partial charge in [-0.05, 0) is 51.0 Å². The molecule has 20 heavy (non-hydrogen) atoms. The first-order chi connectivity index (χ1) is 9.41. The van der Waals surface area contributed by atoms with Crippen LogP contribution in [-0.4, -0.2) is 38.4 Å². The monoisotopic (exact) mass is 302 g/mol. The van der Waals surface area contributed by atoms with Crippen LogP contribution >= 0.6 is 0 Å². The van der Waals surface area contributed by atoms with E-state index < -0.39 is 9.84 Å². The Hall–Kier alpha value is -0.620. The molecule has 0 bridgehead atoms. The van der Waals surface area contributed by atoms with Crippen molar-refractivity contribution in [2.75, 3.05) is 12.8 Å². The summed E-state index contributed by atoms with van der Waals surface area (Å²) in [4.78, 5) is 12.3. The second kappa shape index (κ2) is 6.43. The fourth-order valence-electron chi connectivity index (χ4n) is 3.61. The molecule has 1 amide bonds. The van der Waals surface area contributed by atoms with Crippen molar-refractivity contribution in [3.8, 4) is 0 Å². The van der Waals surface area contributed by atoms with Gasteiger partial charge in [0.25, 0.3) is 0 Å². The molecular weight excluding hydrogens is 276 g/mol. The second-order valence-electron chi connectivity index (χ2n) is 6.34. The first-order valence-corrected chi connectivity index (χ1v) is 9.56. The Morgan fingerprint density at radius 3 is 2.35 bits per heavy atom. The maximum absolute atomic E-state index is 12.3. The van der Waals surface area contributed by atoms with Gasteiger partial charge < -0.3 is 11.1 Å². The summed E-state index contributed by atoms with van der Waals surface area (Å²) in [5.74, 6) is 0.510. The molecule has 0 aromatic rings. The number of nitrogens with two attached hydrogens (primary N) is 1. The summed E-state index contributed by atoms with van der Waals surface area (Å²) in [6.45, 7) is 0.582. The van der Waals surface area contributed by atoms with Gasteiger partial charge in [0, 0.05) is 18.2 Å². The Kier molecular flexibility index (Phi) is 5.07. The lowest BCUT2D eigenvalue weighted by Crippen LogP contribution is -2.44. The topological polar surface area (TPSA) is 89.3 Å². The third kappa shape index (κ3) is 3.73. The molecule has 2 saturated carbocycles. The van der Waals surface area contributed by atoms with Gasteiger partial charge in [-0.25, -0.2) is 8.42 Å². The molecule has 2 atom stereocenters. The molecular formula is C14H26N2O3S. The van der Waals surface area contributed by atoms with Crippen LogP contribution in [0.5, 0.6) is 0 Å². The zero-order valence-corrected chi connectivity index (χ0v) is 13.0. The van der Waals surface area contributed by atoms with Crippen molar-refractivity contribution in [1.82, 2.24) is 5.32 Å². The van der Waals surface area contributed by atoms with Crippen LogP contribution in [0.1, 0.15) is 44.9 Å². The van der Waals surface area contributed by atoms with E-state index in [2.05, 4.69) is 5.32 Å². The van der Waals surface area contributed by atoms with Gasteiger partial charge >= 0.3 is 0 Å². The van der Waals surface area contributed by atoms with E-state index in [4.69, 9.17) is 5.73 Å². The highest BCUT2D eigenvalue weighted by Crippen LogP contribution is 2.32. The first-order valence-electron chi connectivity index (χ1n) is 7.61. The van der Waals surface area contributed by atoms with E-state index in [9.17, 15) is 13.2 Å². The normalized spacial score (nSPS) is 34.9. The number of nitrogens with one attached hydrogen (secondary N) is 1. The van der Waals surface area contributed by atoms with Crippen LogP contribution in [0, 0.1) is 11.8 Å². The van der Waals surface area contributed by atoms with Crippen molar-refractivity contribution in [2.24, 2.45) is 17.6 Å². The van der Waals surface area contributed by atoms with Gasteiger partial charge in [-0.1, -0.05) is 6.42 Å². The summed E-state index contributed by atoms with van der Waals surface area (Å²) in [5.41, 5.74) is 5.71. The zero-order valence-electron chi connectivity index (χ0n) is 12.2. The quantitative estimate of drug-likeness (QED) is 0.805. The largest absolute Gasteiger partial charge is 0.353 e. The number of carbonyl (C=O) groups is 1. The minimum atomic E-state index is -2.94. The van der Waals surface area contributed by atoms with Crippen molar-refractivity contribution in [2.45, 2.75) is 56.2 Å². The molecule has 0 aliphatic heterocycles. The molecule has 0 saturated heterocycles. The van der Waals surface area contributed by atoms with E-state index in [1.807, 2.05) is 0 Å². The lowest BCUT2D eigenvalue weighted by atomic mass is 9.92. The van der Waals surface area contributed by atoms with Crippen molar-refractivity contribution >= 4 is 15.7 Å². The summed E-state index contributed by atoms with van der Waals surface area (Å²) in [5, 5.41) is 2.88. The van der Waals surface area contributed by atoms with Crippen LogP contribution in [0.3, 0.4) is 0 Å². The maximum Gasteiger partial charge on any atom is 0.223 e. The second-order valence-corrected chi connectivity index (χ2v) is 8.67. The zero-order chi connectivity index (χ0) is 14.8. The third-order valence-electron chi connectivity index (χ3n) is 4.92. The predicted octanol–water partition coefficient (Wildman–Crippen LogP) is 0.833. The number of rotatable bonds is 4. The Labute approximate surface area is 121 Å². The summed E-state index contributed by atoms with van der Waals surface area (Å²) >= 11 is 0. The van der Waals surface area contributed by atoms with Crippen LogP contribution in [0.25, 0.3) is 0 Å². The Morgan fingerprint density at radius 2 is 1.80 bits per heavy atom. The number of amides is 1. The maximum atomic E-state index is 12.3. The van der Waals surface area contributed by atoms with E-state index in [0.717, 1.165) is 32.1 Å². The van der Waals surface area contributed by atoms with E-state index in [1.54, 1.807) is 0 Å². The lowest BCUT2D eigenvalue weighted by Gasteiger charge is -2.29. The molecule has 0 radical (unpaired) electrons. The first kappa shape index (κ1) is 15.8. The summed E-state index contributed by atoms with van der Waals surface area (Å²) in [6, 6.07) is 0.138. The number of sulfone groups is 1. The Balaban J connectivity index is 1.82.